The zero-order chi connectivity index (χ0) is 20.9. The molecule has 2 aromatic heterocycles. The molecule has 0 atom stereocenters. The van der Waals surface area contributed by atoms with Crippen LogP contribution in [-0.2, 0) is 30.8 Å². The molecule has 1 N–H and O–H groups in total. The van der Waals surface area contributed by atoms with Gasteiger partial charge in [0.05, 0.1) is 11.3 Å². The first kappa shape index (κ1) is 20.4. The number of nitrogens with one attached hydrogen (secondary N) is 1. The third kappa shape index (κ3) is 5.37. The summed E-state index contributed by atoms with van der Waals surface area (Å²) in [5.74, 6) is 1.26. The number of aromatic amines is 1. The fourth-order valence-corrected chi connectivity index (χ4v) is 2.42. The Hall–Kier alpha value is -3.30. The zero-order valence-electron chi connectivity index (χ0n) is 15.9. The summed E-state index contributed by atoms with van der Waals surface area (Å²) in [6.07, 6.45) is -2.75. The molecular formula is C19H20F3N5O2. The molecule has 0 amide bonds. The number of aryl methyl sites for hydroxylation is 1. The Morgan fingerprint density at radius 2 is 1.90 bits per heavy atom. The van der Waals surface area contributed by atoms with E-state index >= 15 is 0 Å². The minimum Gasteiger partial charge on any atom is -0.469 e. The molecule has 0 spiro atoms. The van der Waals surface area contributed by atoms with E-state index in [1.165, 1.54) is 12.1 Å². The van der Waals surface area contributed by atoms with E-state index in [1.807, 2.05) is 11.6 Å². The van der Waals surface area contributed by atoms with Gasteiger partial charge in [0.1, 0.15) is 6.61 Å². The maximum absolute atomic E-state index is 12.6. The fourth-order valence-electron chi connectivity index (χ4n) is 2.42. The van der Waals surface area contributed by atoms with Crippen LogP contribution in [0.2, 0.25) is 0 Å². The first-order valence-corrected chi connectivity index (χ1v) is 8.88. The summed E-state index contributed by atoms with van der Waals surface area (Å²) in [5, 5.41) is 10.8. The molecule has 0 saturated carbocycles. The van der Waals surface area contributed by atoms with E-state index in [0.29, 0.717) is 23.8 Å². The summed E-state index contributed by atoms with van der Waals surface area (Å²) in [7, 11) is 0. The van der Waals surface area contributed by atoms with Crippen LogP contribution in [0.25, 0.3) is 0 Å². The van der Waals surface area contributed by atoms with Gasteiger partial charge in [0.15, 0.2) is 12.4 Å². The molecule has 7 nitrogen and oxygen atoms in total. The van der Waals surface area contributed by atoms with E-state index in [4.69, 9.17) is 9.57 Å². The predicted octanol–water partition coefficient (Wildman–Crippen LogP) is 4.16. The van der Waals surface area contributed by atoms with Crippen molar-refractivity contribution < 1.29 is 22.7 Å². The summed E-state index contributed by atoms with van der Waals surface area (Å²) in [6, 6.07) is 8.27. The number of aromatic nitrogens is 4. The SMILES string of the molecule is CCn1[nH]nc1COc1ccc(/C(C)=N/OCc2ccc(C(F)(F)F)cc2)cn1. The molecule has 0 aliphatic rings. The van der Waals surface area contributed by atoms with Gasteiger partial charge in [-0.3, -0.25) is 4.68 Å². The Bertz CT molecular complexity index is 944. The van der Waals surface area contributed by atoms with E-state index in [-0.39, 0.29) is 6.61 Å². The van der Waals surface area contributed by atoms with Crippen LogP contribution in [0.4, 0.5) is 13.2 Å². The van der Waals surface area contributed by atoms with E-state index in [9.17, 15) is 13.2 Å². The fraction of sp³-hybridized carbons (Fsp3) is 0.316. The van der Waals surface area contributed by atoms with Crippen molar-refractivity contribution >= 4 is 5.71 Å². The van der Waals surface area contributed by atoms with Crippen molar-refractivity contribution in [2.24, 2.45) is 5.16 Å². The van der Waals surface area contributed by atoms with Gasteiger partial charge in [-0.15, -0.1) is 5.10 Å². The number of ether oxygens (including phenoxy) is 1. The summed E-state index contributed by atoms with van der Waals surface area (Å²) < 4.78 is 45.1. The minimum atomic E-state index is -4.35. The first-order valence-electron chi connectivity index (χ1n) is 8.88. The number of rotatable bonds is 8. The molecule has 2 heterocycles. The number of nitrogens with zero attached hydrogens (tertiary/aromatic N) is 4. The minimum absolute atomic E-state index is 0.0637. The van der Waals surface area contributed by atoms with Crippen molar-refractivity contribution in [3.05, 3.63) is 65.1 Å². The van der Waals surface area contributed by atoms with Crippen molar-refractivity contribution in [1.82, 2.24) is 20.0 Å². The average molecular weight is 407 g/mol. The molecule has 0 unspecified atom stereocenters. The Kier molecular flexibility index (Phi) is 6.20. The lowest BCUT2D eigenvalue weighted by molar-refractivity contribution is -0.137. The molecule has 0 bridgehead atoms. The molecule has 0 fully saturated rings. The monoisotopic (exact) mass is 407 g/mol. The van der Waals surface area contributed by atoms with Crippen LogP contribution in [0.15, 0.2) is 47.8 Å². The standard InChI is InChI=1S/C19H20F3N5O2/c1-3-27-17(24-26-27)12-28-18-9-6-15(10-23-18)13(2)25-29-11-14-4-7-16(8-5-14)19(20,21)22/h4-10,26H,3,11-12H2,1-2H3/b25-13+. The highest BCUT2D eigenvalue weighted by atomic mass is 19.4. The van der Waals surface area contributed by atoms with Gasteiger partial charge in [0, 0.05) is 24.4 Å². The quantitative estimate of drug-likeness (QED) is 0.449. The van der Waals surface area contributed by atoms with Crippen molar-refractivity contribution in [3.63, 3.8) is 0 Å². The molecule has 0 aliphatic carbocycles. The van der Waals surface area contributed by atoms with Crippen LogP contribution in [0.3, 0.4) is 0 Å². The molecule has 10 heteroatoms. The molecule has 29 heavy (non-hydrogen) atoms. The van der Waals surface area contributed by atoms with Crippen LogP contribution in [0.1, 0.15) is 36.4 Å². The van der Waals surface area contributed by atoms with Crippen LogP contribution in [0, 0.1) is 0 Å². The third-order valence-electron chi connectivity index (χ3n) is 4.14. The number of benzene rings is 1. The normalized spacial score (nSPS) is 12.2. The first-order chi connectivity index (χ1) is 13.9. The van der Waals surface area contributed by atoms with Gasteiger partial charge in [-0.1, -0.05) is 17.3 Å². The predicted molar refractivity (Wildman–Crippen MR) is 99.3 cm³/mol. The summed E-state index contributed by atoms with van der Waals surface area (Å²) in [6.45, 7) is 4.91. The number of alkyl halides is 3. The zero-order valence-corrected chi connectivity index (χ0v) is 15.9. The van der Waals surface area contributed by atoms with Gasteiger partial charge >= 0.3 is 6.18 Å². The van der Waals surface area contributed by atoms with Gasteiger partial charge in [-0.05, 0) is 37.6 Å². The van der Waals surface area contributed by atoms with Gasteiger partial charge in [0.2, 0.25) is 5.88 Å². The van der Waals surface area contributed by atoms with Gasteiger partial charge in [-0.2, -0.15) is 13.2 Å². The van der Waals surface area contributed by atoms with Gasteiger partial charge in [-0.25, -0.2) is 10.2 Å². The smallest absolute Gasteiger partial charge is 0.416 e. The lowest BCUT2D eigenvalue weighted by Gasteiger charge is -2.14. The van der Waals surface area contributed by atoms with Crippen LogP contribution in [-0.4, -0.2) is 25.7 Å². The second-order valence-electron chi connectivity index (χ2n) is 6.19. The summed E-state index contributed by atoms with van der Waals surface area (Å²) in [4.78, 5) is 9.46. The lowest BCUT2D eigenvalue weighted by Crippen LogP contribution is -2.20. The molecule has 1 aromatic carbocycles. The van der Waals surface area contributed by atoms with Crippen LogP contribution < -0.4 is 4.74 Å². The molecule has 154 valence electrons. The van der Waals surface area contributed by atoms with E-state index in [1.54, 1.807) is 25.3 Å². The topological polar surface area (TPSA) is 77.3 Å². The highest BCUT2D eigenvalue weighted by Gasteiger charge is 2.29. The Morgan fingerprint density at radius 1 is 1.14 bits per heavy atom. The van der Waals surface area contributed by atoms with Crippen molar-refractivity contribution in [2.45, 2.75) is 39.8 Å². The van der Waals surface area contributed by atoms with E-state index in [0.717, 1.165) is 30.1 Å². The summed E-state index contributed by atoms with van der Waals surface area (Å²) >= 11 is 0. The van der Waals surface area contributed by atoms with Gasteiger partial charge < -0.3 is 9.57 Å². The maximum atomic E-state index is 12.6. The molecule has 3 rings (SSSR count). The molecule has 3 aromatic rings. The third-order valence-corrected chi connectivity index (χ3v) is 4.14. The number of hydrogen-bond donors (Lipinski definition) is 1. The largest absolute Gasteiger partial charge is 0.469 e. The second kappa shape index (κ2) is 8.80. The number of hydrogen-bond acceptors (Lipinski definition) is 5. The maximum Gasteiger partial charge on any atom is 0.416 e. The number of pyridine rings is 1. The van der Waals surface area contributed by atoms with Crippen molar-refractivity contribution in [1.29, 1.82) is 0 Å². The van der Waals surface area contributed by atoms with Crippen LogP contribution >= 0.6 is 0 Å². The molecular weight excluding hydrogens is 387 g/mol. The molecule has 0 aliphatic heterocycles. The Balaban J connectivity index is 1.50. The lowest BCUT2D eigenvalue weighted by atomic mass is 10.1. The van der Waals surface area contributed by atoms with Crippen molar-refractivity contribution in [2.75, 3.05) is 0 Å². The average Bonchev–Trinajstić information content (AvgIpc) is 2.68. The van der Waals surface area contributed by atoms with Gasteiger partial charge in [0.25, 0.3) is 0 Å². The Morgan fingerprint density at radius 3 is 2.45 bits per heavy atom. The Labute approximate surface area is 165 Å². The van der Waals surface area contributed by atoms with Crippen LogP contribution in [0.5, 0.6) is 5.88 Å². The second-order valence-corrected chi connectivity index (χ2v) is 6.19. The van der Waals surface area contributed by atoms with Crippen molar-refractivity contribution in [3.8, 4) is 5.88 Å². The highest BCUT2D eigenvalue weighted by Crippen LogP contribution is 2.29. The van der Waals surface area contributed by atoms with E-state index < -0.39 is 11.7 Å². The molecule has 0 radical (unpaired) electrons. The van der Waals surface area contributed by atoms with E-state index in [2.05, 4.69) is 20.5 Å². The highest BCUT2D eigenvalue weighted by molar-refractivity contribution is 5.98. The molecule has 0 saturated heterocycles. The number of halogens is 3. The number of oxime groups is 1. The number of H-pyrrole nitrogens is 1. The summed E-state index contributed by atoms with van der Waals surface area (Å²) in [5.41, 5.74) is 1.21.